The molecule has 12 unspecified atom stereocenters. The third-order valence-corrected chi connectivity index (χ3v) is 18.4. The van der Waals surface area contributed by atoms with Crippen molar-refractivity contribution in [1.29, 1.82) is 0 Å². The standard InChI is InChI=1S/C24H42.C22H38.2C4H10.2C2H6/c1-6-8-21-17(5)10-24(21)15-20(22(24)9-7-2)19-13-23(14-19)11-18(12-23)16(3)4;1-5-21-14(4)6-20-11-19(12-22(20)21)18-9-16-7-15(13(2)3)8-17(16)10-18;2*1-4(2)3;2*1-2/h16-22H,6-15H2,1-5H3;13-22H,5-12H2,1-4H3;2*4H,1-3H3;2*1-2H3. The molecule has 0 amide bonds. The summed E-state index contributed by atoms with van der Waals surface area (Å²) in [5.74, 6) is 19.9. The van der Waals surface area contributed by atoms with E-state index in [1.54, 1.807) is 83.5 Å². The quantitative estimate of drug-likeness (QED) is 0.218. The van der Waals surface area contributed by atoms with Crippen LogP contribution < -0.4 is 0 Å². The number of fused-ring (bicyclic) bond motifs is 2. The van der Waals surface area contributed by atoms with E-state index in [2.05, 4.69) is 104 Å². The van der Waals surface area contributed by atoms with E-state index in [1.165, 1.54) is 32.1 Å². The van der Waals surface area contributed by atoms with Crippen molar-refractivity contribution < 1.29 is 0 Å². The Hall–Kier alpha value is 0. The van der Waals surface area contributed by atoms with Crippen LogP contribution in [0.25, 0.3) is 0 Å². The second-order valence-corrected chi connectivity index (χ2v) is 24.8. The van der Waals surface area contributed by atoms with Gasteiger partial charge in [0.1, 0.15) is 0 Å². The van der Waals surface area contributed by atoms with Gasteiger partial charge in [0.2, 0.25) is 0 Å². The van der Waals surface area contributed by atoms with Crippen molar-refractivity contribution in [2.45, 2.75) is 247 Å². The molecule has 2 spiro atoms. The molecule has 0 heteroatoms. The fraction of sp³-hybridized carbons (Fsp3) is 1.00. The molecule has 0 aromatic carbocycles. The molecular weight excluding hydrogens is 697 g/mol. The Morgan fingerprint density at radius 2 is 0.879 bits per heavy atom. The van der Waals surface area contributed by atoms with E-state index in [0.29, 0.717) is 0 Å². The average Bonchev–Trinajstić information content (AvgIpc) is 3.88. The zero-order valence-electron chi connectivity index (χ0n) is 43.7. The molecule has 0 bridgehead atoms. The molecule has 0 heterocycles. The Balaban J connectivity index is 0.000000245. The molecule has 0 aliphatic heterocycles. The zero-order valence-corrected chi connectivity index (χ0v) is 43.7. The second-order valence-electron chi connectivity index (χ2n) is 24.8. The molecule has 8 saturated carbocycles. The van der Waals surface area contributed by atoms with Gasteiger partial charge in [-0.1, -0.05) is 151 Å². The fourth-order valence-electron chi connectivity index (χ4n) is 16.2. The van der Waals surface area contributed by atoms with Crippen molar-refractivity contribution in [3.63, 3.8) is 0 Å². The molecule has 0 radical (unpaired) electrons. The predicted molar refractivity (Wildman–Crippen MR) is 262 cm³/mol. The highest BCUT2D eigenvalue weighted by Gasteiger charge is 2.67. The van der Waals surface area contributed by atoms with Crippen LogP contribution in [0.4, 0.5) is 0 Å². The van der Waals surface area contributed by atoms with Crippen molar-refractivity contribution in [1.82, 2.24) is 0 Å². The third-order valence-electron chi connectivity index (χ3n) is 18.4. The lowest BCUT2D eigenvalue weighted by Crippen LogP contribution is -2.65. The van der Waals surface area contributed by atoms with Gasteiger partial charge < -0.3 is 0 Å². The molecule has 8 rings (SSSR count). The summed E-state index contributed by atoms with van der Waals surface area (Å²) in [5.41, 5.74) is 1.66. The third kappa shape index (κ3) is 12.2. The van der Waals surface area contributed by atoms with Crippen molar-refractivity contribution in [3.8, 4) is 0 Å². The Bertz CT molecular complexity index is 1070. The minimum absolute atomic E-state index is 0.818. The number of hydrogen-bond acceptors (Lipinski definition) is 0. The summed E-state index contributed by atoms with van der Waals surface area (Å²) in [6.45, 7) is 43.1. The first-order chi connectivity index (χ1) is 27.5. The van der Waals surface area contributed by atoms with Gasteiger partial charge in [-0.05, 0) is 220 Å². The van der Waals surface area contributed by atoms with Gasteiger partial charge in [-0.25, -0.2) is 0 Å². The van der Waals surface area contributed by atoms with Crippen LogP contribution in [0.1, 0.15) is 247 Å². The van der Waals surface area contributed by atoms with Crippen LogP contribution in [0.15, 0.2) is 0 Å². The summed E-state index contributed by atoms with van der Waals surface area (Å²) in [5, 5.41) is 0. The van der Waals surface area contributed by atoms with Gasteiger partial charge in [0, 0.05) is 0 Å². The highest BCUT2D eigenvalue weighted by Crippen LogP contribution is 2.75. The minimum Gasteiger partial charge on any atom is -0.0683 e. The number of hydrogen-bond donors (Lipinski definition) is 0. The summed E-state index contributed by atoms with van der Waals surface area (Å²) in [4.78, 5) is 0. The van der Waals surface area contributed by atoms with E-state index in [1.807, 2.05) is 27.7 Å². The van der Waals surface area contributed by atoms with E-state index in [4.69, 9.17) is 0 Å². The maximum Gasteiger partial charge on any atom is -0.0230 e. The SMILES string of the molecule is CC.CC.CC(C)C.CC(C)C.CCC1C(C)CC2CC(C3CC4CC(C(C)C)CC4C3)CC21.CCCC1C(C)CC12CC(C1CC3(CC(C(C)C)C3)C1)C2CCC. The second kappa shape index (κ2) is 23.6. The van der Waals surface area contributed by atoms with E-state index >= 15 is 0 Å². The zero-order chi connectivity index (χ0) is 43.7. The highest BCUT2D eigenvalue weighted by molar-refractivity contribution is 5.16. The van der Waals surface area contributed by atoms with Gasteiger partial charge in [0.05, 0.1) is 0 Å². The van der Waals surface area contributed by atoms with E-state index < -0.39 is 0 Å². The van der Waals surface area contributed by atoms with Crippen LogP contribution >= 0.6 is 0 Å². The first kappa shape index (κ1) is 52.3. The lowest BCUT2D eigenvalue weighted by Gasteiger charge is -2.72. The minimum atomic E-state index is 0.818. The summed E-state index contributed by atoms with van der Waals surface area (Å²) < 4.78 is 0. The Kier molecular flexibility index (Phi) is 21.3. The molecule has 8 aliphatic carbocycles. The molecule has 8 aliphatic rings. The van der Waals surface area contributed by atoms with Gasteiger partial charge in [-0.15, -0.1) is 0 Å². The summed E-state index contributed by atoms with van der Waals surface area (Å²) in [6, 6.07) is 0. The van der Waals surface area contributed by atoms with Gasteiger partial charge in [-0.2, -0.15) is 0 Å². The normalized spacial score (nSPS) is 43.8. The summed E-state index contributed by atoms with van der Waals surface area (Å²) in [6.07, 6.45) is 28.1. The lowest BCUT2D eigenvalue weighted by atomic mass is 9.32. The number of rotatable bonds is 9. The monoisotopic (exact) mass is 809 g/mol. The van der Waals surface area contributed by atoms with Gasteiger partial charge in [0.25, 0.3) is 0 Å². The molecule has 8 fully saturated rings. The van der Waals surface area contributed by atoms with Crippen LogP contribution in [0.3, 0.4) is 0 Å². The van der Waals surface area contributed by atoms with Crippen molar-refractivity contribution >= 4 is 0 Å². The lowest BCUT2D eigenvalue weighted by molar-refractivity contribution is -0.235. The molecule has 0 saturated heterocycles. The van der Waals surface area contributed by atoms with Crippen LogP contribution in [0.5, 0.6) is 0 Å². The van der Waals surface area contributed by atoms with Gasteiger partial charge in [-0.3, -0.25) is 0 Å². The van der Waals surface area contributed by atoms with E-state index in [9.17, 15) is 0 Å². The van der Waals surface area contributed by atoms with Crippen LogP contribution in [0.2, 0.25) is 0 Å². The smallest absolute Gasteiger partial charge is 0.0230 e. The van der Waals surface area contributed by atoms with Crippen molar-refractivity contribution in [2.75, 3.05) is 0 Å². The molecule has 344 valence electrons. The highest BCUT2D eigenvalue weighted by atomic mass is 14.7. The predicted octanol–water partition coefficient (Wildman–Crippen LogP) is 19.1. The van der Waals surface area contributed by atoms with Crippen LogP contribution in [-0.2, 0) is 0 Å². The molecule has 58 heavy (non-hydrogen) atoms. The van der Waals surface area contributed by atoms with E-state index in [-0.39, 0.29) is 0 Å². The van der Waals surface area contributed by atoms with E-state index in [0.717, 1.165) is 123 Å². The van der Waals surface area contributed by atoms with Gasteiger partial charge in [0.15, 0.2) is 0 Å². The summed E-state index contributed by atoms with van der Waals surface area (Å²) >= 11 is 0. The van der Waals surface area contributed by atoms with Gasteiger partial charge >= 0.3 is 0 Å². The molecule has 0 N–H and O–H groups in total. The first-order valence-corrected chi connectivity index (χ1v) is 27.5. The fourth-order valence-corrected chi connectivity index (χ4v) is 16.2. The molecule has 0 aromatic heterocycles. The Morgan fingerprint density at radius 1 is 0.431 bits per heavy atom. The van der Waals surface area contributed by atoms with Crippen LogP contribution in [-0.4, -0.2) is 0 Å². The molecule has 12 atom stereocenters. The van der Waals surface area contributed by atoms with Crippen molar-refractivity contribution in [3.05, 3.63) is 0 Å². The maximum atomic E-state index is 2.54. The largest absolute Gasteiger partial charge is 0.0683 e. The maximum absolute atomic E-state index is 2.54. The van der Waals surface area contributed by atoms with Crippen molar-refractivity contribution in [2.24, 2.45) is 123 Å². The van der Waals surface area contributed by atoms with Crippen LogP contribution in [0, 0.1) is 123 Å². The topological polar surface area (TPSA) is 0 Å². The average molecular weight is 810 g/mol. The Morgan fingerprint density at radius 3 is 1.33 bits per heavy atom. The molecular formula is C58H112. The molecule has 0 nitrogen and oxygen atoms in total. The summed E-state index contributed by atoms with van der Waals surface area (Å²) in [7, 11) is 0. The molecule has 0 aromatic rings. The first-order valence-electron chi connectivity index (χ1n) is 27.5. The Labute approximate surface area is 369 Å².